The molecule has 0 bridgehead atoms. The third-order valence-corrected chi connectivity index (χ3v) is 3.79. The third kappa shape index (κ3) is 2.06. The Bertz CT molecular complexity index is 317. The van der Waals surface area contributed by atoms with E-state index in [1.165, 1.54) is 11.3 Å². The monoisotopic (exact) mass is 213 g/mol. The van der Waals surface area contributed by atoms with Crippen LogP contribution in [0.3, 0.4) is 0 Å². The molecule has 70 valence electrons. The van der Waals surface area contributed by atoms with E-state index in [9.17, 15) is 4.79 Å². The molecule has 1 saturated carbocycles. The molecule has 0 spiro atoms. The van der Waals surface area contributed by atoms with E-state index in [-0.39, 0.29) is 5.91 Å². The van der Waals surface area contributed by atoms with Crippen LogP contribution in [-0.2, 0) is 0 Å². The van der Waals surface area contributed by atoms with Crippen LogP contribution >= 0.6 is 23.1 Å². The topological polar surface area (TPSA) is 29.1 Å². The fourth-order valence-corrected chi connectivity index (χ4v) is 2.76. The molecule has 0 atom stereocenters. The molecule has 1 aromatic heterocycles. The summed E-state index contributed by atoms with van der Waals surface area (Å²) in [6.07, 6.45) is 4.29. The molecular weight excluding hydrogens is 202 g/mol. The van der Waals surface area contributed by atoms with Crippen molar-refractivity contribution in [1.82, 2.24) is 5.32 Å². The molecule has 1 aliphatic rings. The van der Waals surface area contributed by atoms with Crippen molar-refractivity contribution in [1.29, 1.82) is 0 Å². The van der Waals surface area contributed by atoms with E-state index in [0.29, 0.717) is 6.04 Å². The van der Waals surface area contributed by atoms with E-state index in [1.807, 2.05) is 17.7 Å². The molecule has 0 aliphatic heterocycles. The lowest BCUT2D eigenvalue weighted by atomic mass is 10.4. The summed E-state index contributed by atoms with van der Waals surface area (Å²) in [5.41, 5.74) is 0. The van der Waals surface area contributed by atoms with Gasteiger partial charge in [0.25, 0.3) is 5.91 Å². The van der Waals surface area contributed by atoms with Crippen LogP contribution in [0.4, 0.5) is 0 Å². The standard InChI is InChI=1S/C9H11NOS2/c1-12-7-4-5-13-8(7)9(11)10-6-2-3-6/h4-6H,2-3H2,1H3,(H,10,11). The van der Waals surface area contributed by atoms with Crippen molar-refractivity contribution in [3.8, 4) is 0 Å². The van der Waals surface area contributed by atoms with Gasteiger partial charge >= 0.3 is 0 Å². The van der Waals surface area contributed by atoms with Crippen LogP contribution in [-0.4, -0.2) is 18.2 Å². The third-order valence-electron chi connectivity index (χ3n) is 1.97. The van der Waals surface area contributed by atoms with E-state index in [1.54, 1.807) is 11.8 Å². The molecular formula is C9H11NOS2. The highest BCUT2D eigenvalue weighted by Gasteiger charge is 2.25. The van der Waals surface area contributed by atoms with Crippen LogP contribution in [0.2, 0.25) is 0 Å². The van der Waals surface area contributed by atoms with E-state index < -0.39 is 0 Å². The highest BCUT2D eigenvalue weighted by molar-refractivity contribution is 7.98. The van der Waals surface area contributed by atoms with E-state index in [2.05, 4.69) is 5.32 Å². The maximum atomic E-state index is 11.6. The van der Waals surface area contributed by atoms with Crippen molar-refractivity contribution in [2.24, 2.45) is 0 Å². The number of amides is 1. The Kier molecular flexibility index (Phi) is 2.60. The summed E-state index contributed by atoms with van der Waals surface area (Å²) >= 11 is 3.15. The lowest BCUT2D eigenvalue weighted by Crippen LogP contribution is -2.24. The predicted octanol–water partition coefficient (Wildman–Crippen LogP) is 2.36. The summed E-state index contributed by atoms with van der Waals surface area (Å²) in [7, 11) is 0. The number of thiophene rings is 1. The summed E-state index contributed by atoms with van der Waals surface area (Å²) in [4.78, 5) is 13.6. The van der Waals surface area contributed by atoms with Gasteiger partial charge in [0.15, 0.2) is 0 Å². The van der Waals surface area contributed by atoms with Crippen LogP contribution in [0.1, 0.15) is 22.5 Å². The molecule has 2 rings (SSSR count). The lowest BCUT2D eigenvalue weighted by Gasteiger charge is -2.01. The minimum atomic E-state index is 0.0989. The summed E-state index contributed by atoms with van der Waals surface area (Å²) < 4.78 is 0. The van der Waals surface area contributed by atoms with Crippen molar-refractivity contribution in [3.05, 3.63) is 16.3 Å². The van der Waals surface area contributed by atoms with Gasteiger partial charge in [-0.1, -0.05) is 0 Å². The van der Waals surface area contributed by atoms with Crippen LogP contribution in [0.5, 0.6) is 0 Å². The Hall–Kier alpha value is -0.480. The Labute approximate surface area is 85.7 Å². The van der Waals surface area contributed by atoms with Gasteiger partial charge in [0, 0.05) is 10.9 Å². The van der Waals surface area contributed by atoms with E-state index >= 15 is 0 Å². The van der Waals surface area contributed by atoms with Gasteiger partial charge < -0.3 is 5.32 Å². The number of nitrogens with one attached hydrogen (secondary N) is 1. The Balaban J connectivity index is 2.08. The van der Waals surface area contributed by atoms with Crippen molar-refractivity contribution in [2.45, 2.75) is 23.8 Å². The number of hydrogen-bond donors (Lipinski definition) is 1. The first-order chi connectivity index (χ1) is 6.31. The molecule has 13 heavy (non-hydrogen) atoms. The molecule has 0 radical (unpaired) electrons. The van der Waals surface area contributed by atoms with E-state index in [0.717, 1.165) is 22.6 Å². The minimum absolute atomic E-state index is 0.0989. The predicted molar refractivity (Wildman–Crippen MR) is 56.6 cm³/mol. The van der Waals surface area contributed by atoms with Crippen molar-refractivity contribution in [3.63, 3.8) is 0 Å². The molecule has 0 unspecified atom stereocenters. The SMILES string of the molecule is CSc1ccsc1C(=O)NC1CC1. The lowest BCUT2D eigenvalue weighted by molar-refractivity contribution is 0.0952. The average Bonchev–Trinajstić information content (AvgIpc) is 2.82. The van der Waals surface area contributed by atoms with Crippen molar-refractivity contribution in [2.75, 3.05) is 6.26 Å². The minimum Gasteiger partial charge on any atom is -0.349 e. The molecule has 1 heterocycles. The number of carbonyl (C=O) groups excluding carboxylic acids is 1. The smallest absolute Gasteiger partial charge is 0.262 e. The molecule has 0 aromatic carbocycles. The van der Waals surface area contributed by atoms with Crippen LogP contribution in [0, 0.1) is 0 Å². The number of thioether (sulfide) groups is 1. The van der Waals surface area contributed by atoms with Gasteiger partial charge in [-0.05, 0) is 30.5 Å². The summed E-state index contributed by atoms with van der Waals surface area (Å²) in [6, 6.07) is 2.45. The van der Waals surface area contributed by atoms with Crippen LogP contribution in [0.25, 0.3) is 0 Å². The second-order valence-corrected chi connectivity index (χ2v) is 4.83. The highest BCUT2D eigenvalue weighted by Crippen LogP contribution is 2.27. The Morgan fingerprint density at radius 1 is 1.69 bits per heavy atom. The van der Waals surface area contributed by atoms with Gasteiger partial charge in [-0.3, -0.25) is 4.79 Å². The van der Waals surface area contributed by atoms with Crippen molar-refractivity contribution < 1.29 is 4.79 Å². The maximum Gasteiger partial charge on any atom is 0.262 e. The highest BCUT2D eigenvalue weighted by atomic mass is 32.2. The quantitative estimate of drug-likeness (QED) is 0.781. The molecule has 1 fully saturated rings. The first kappa shape index (κ1) is 9.09. The summed E-state index contributed by atoms with van der Waals surface area (Å²) in [5.74, 6) is 0.0989. The summed E-state index contributed by atoms with van der Waals surface area (Å²) in [5, 5.41) is 4.96. The van der Waals surface area contributed by atoms with E-state index in [4.69, 9.17) is 0 Å². The van der Waals surface area contributed by atoms with Crippen molar-refractivity contribution >= 4 is 29.0 Å². The zero-order chi connectivity index (χ0) is 9.26. The fraction of sp³-hybridized carbons (Fsp3) is 0.444. The average molecular weight is 213 g/mol. The van der Waals surface area contributed by atoms with Gasteiger partial charge in [-0.25, -0.2) is 0 Å². The van der Waals surface area contributed by atoms with Crippen LogP contribution in [0.15, 0.2) is 16.3 Å². The Morgan fingerprint density at radius 3 is 3.08 bits per heavy atom. The number of rotatable bonds is 3. The molecule has 2 nitrogen and oxygen atoms in total. The van der Waals surface area contributed by atoms with Crippen LogP contribution < -0.4 is 5.32 Å². The second kappa shape index (κ2) is 3.72. The molecule has 1 amide bonds. The second-order valence-electron chi connectivity index (χ2n) is 3.07. The first-order valence-electron chi connectivity index (χ1n) is 4.23. The Morgan fingerprint density at radius 2 is 2.46 bits per heavy atom. The summed E-state index contributed by atoms with van der Waals surface area (Å²) in [6.45, 7) is 0. The zero-order valence-electron chi connectivity index (χ0n) is 7.37. The molecule has 1 aliphatic carbocycles. The molecule has 1 N–H and O–H groups in total. The van der Waals surface area contributed by atoms with Gasteiger partial charge in [0.05, 0.1) is 0 Å². The molecule has 1 aromatic rings. The van der Waals surface area contributed by atoms with Gasteiger partial charge in [0.1, 0.15) is 4.88 Å². The first-order valence-corrected chi connectivity index (χ1v) is 6.34. The molecule has 0 saturated heterocycles. The fourth-order valence-electron chi connectivity index (χ4n) is 1.10. The van der Waals surface area contributed by atoms with Gasteiger partial charge in [-0.2, -0.15) is 0 Å². The normalized spacial score (nSPS) is 15.8. The number of carbonyl (C=O) groups is 1. The molecule has 4 heteroatoms. The zero-order valence-corrected chi connectivity index (χ0v) is 9.00. The van der Waals surface area contributed by atoms with Gasteiger partial charge in [-0.15, -0.1) is 23.1 Å². The largest absolute Gasteiger partial charge is 0.349 e. The number of hydrogen-bond acceptors (Lipinski definition) is 3. The van der Waals surface area contributed by atoms with Gasteiger partial charge in [0.2, 0.25) is 0 Å². The maximum absolute atomic E-state index is 11.6.